The van der Waals surface area contributed by atoms with E-state index in [2.05, 4.69) is 44.7 Å². The third-order valence-corrected chi connectivity index (χ3v) is 3.45. The molecule has 1 N–H and O–H groups in total. The average Bonchev–Trinajstić information content (AvgIpc) is 2.35. The maximum absolute atomic E-state index is 10.5. The van der Waals surface area contributed by atoms with E-state index < -0.39 is 6.10 Å². The highest BCUT2D eigenvalue weighted by Gasteiger charge is 2.16. The second-order valence-corrected chi connectivity index (χ2v) is 6.02. The summed E-state index contributed by atoms with van der Waals surface area (Å²) in [5.41, 5.74) is 3.42. The van der Waals surface area contributed by atoms with Gasteiger partial charge in [-0.1, -0.05) is 37.6 Å². The first-order valence-electron chi connectivity index (χ1n) is 7.40. The summed E-state index contributed by atoms with van der Waals surface area (Å²) in [5, 5.41) is 10.5. The molecule has 114 valence electrons. The molecule has 1 aromatic carbocycles. The van der Waals surface area contributed by atoms with E-state index in [4.69, 9.17) is 4.74 Å². The fourth-order valence-electron chi connectivity index (χ4n) is 2.54. The van der Waals surface area contributed by atoms with E-state index in [1.165, 1.54) is 5.56 Å². The summed E-state index contributed by atoms with van der Waals surface area (Å²) in [6, 6.07) is 6.23. The zero-order valence-corrected chi connectivity index (χ0v) is 13.5. The average molecular weight is 279 g/mol. The molecule has 1 atom stereocenters. The van der Waals surface area contributed by atoms with Crippen molar-refractivity contribution >= 4 is 0 Å². The van der Waals surface area contributed by atoms with Gasteiger partial charge in [0.15, 0.2) is 0 Å². The monoisotopic (exact) mass is 279 g/mol. The van der Waals surface area contributed by atoms with Crippen molar-refractivity contribution in [1.82, 2.24) is 4.90 Å². The first-order chi connectivity index (χ1) is 9.43. The number of ether oxygens (including phenoxy) is 1. The van der Waals surface area contributed by atoms with Crippen LogP contribution in [0.25, 0.3) is 0 Å². The molecule has 1 aromatic rings. The topological polar surface area (TPSA) is 32.7 Å². The van der Waals surface area contributed by atoms with Crippen molar-refractivity contribution in [2.75, 3.05) is 33.4 Å². The summed E-state index contributed by atoms with van der Waals surface area (Å²) in [5.74, 6) is 0.582. The van der Waals surface area contributed by atoms with Crippen LogP contribution in [-0.4, -0.2) is 43.4 Å². The molecule has 0 saturated heterocycles. The van der Waals surface area contributed by atoms with Crippen molar-refractivity contribution in [1.29, 1.82) is 0 Å². The van der Waals surface area contributed by atoms with Crippen molar-refractivity contribution in [3.63, 3.8) is 0 Å². The molecule has 3 nitrogen and oxygen atoms in total. The summed E-state index contributed by atoms with van der Waals surface area (Å²) >= 11 is 0. The van der Waals surface area contributed by atoms with Gasteiger partial charge in [0.25, 0.3) is 0 Å². The molecule has 0 saturated carbocycles. The lowest BCUT2D eigenvalue weighted by molar-refractivity contribution is 0.0822. The Kier molecular flexibility index (Phi) is 7.20. The minimum Gasteiger partial charge on any atom is -0.387 e. The number of aryl methyl sites for hydroxylation is 2. The molecular formula is C17H29NO2. The molecule has 1 unspecified atom stereocenters. The third-order valence-electron chi connectivity index (χ3n) is 3.45. The molecule has 3 heteroatoms. The number of aliphatic hydroxyl groups excluding tert-OH is 1. The summed E-state index contributed by atoms with van der Waals surface area (Å²) < 4.78 is 5.16. The van der Waals surface area contributed by atoms with Gasteiger partial charge in [-0.05, 0) is 30.9 Å². The molecule has 0 radical (unpaired) electrons. The molecule has 0 spiro atoms. The quantitative estimate of drug-likeness (QED) is 0.794. The predicted molar refractivity (Wildman–Crippen MR) is 84.0 cm³/mol. The van der Waals surface area contributed by atoms with Crippen LogP contribution < -0.4 is 0 Å². The summed E-state index contributed by atoms with van der Waals surface area (Å²) in [6.07, 6.45) is -0.439. The molecule has 0 fully saturated rings. The fraction of sp³-hybridized carbons (Fsp3) is 0.647. The molecule has 0 aromatic heterocycles. The van der Waals surface area contributed by atoms with Crippen LogP contribution in [0.15, 0.2) is 18.2 Å². The third kappa shape index (κ3) is 5.61. The van der Waals surface area contributed by atoms with E-state index in [0.717, 1.165) is 24.2 Å². The minimum absolute atomic E-state index is 0.439. The normalized spacial score (nSPS) is 13.2. The van der Waals surface area contributed by atoms with E-state index in [9.17, 15) is 5.11 Å². The number of aliphatic hydroxyl groups is 1. The van der Waals surface area contributed by atoms with Crippen molar-refractivity contribution in [3.05, 3.63) is 34.9 Å². The van der Waals surface area contributed by atoms with Crippen LogP contribution in [0.4, 0.5) is 0 Å². The Bertz CT molecular complexity index is 404. The molecule has 0 aliphatic heterocycles. The largest absolute Gasteiger partial charge is 0.387 e. The molecule has 0 aliphatic carbocycles. The van der Waals surface area contributed by atoms with Crippen LogP contribution in [0, 0.1) is 19.8 Å². The van der Waals surface area contributed by atoms with Crippen molar-refractivity contribution < 1.29 is 9.84 Å². The van der Waals surface area contributed by atoms with Crippen LogP contribution in [0.1, 0.15) is 36.6 Å². The first-order valence-corrected chi connectivity index (χ1v) is 7.40. The van der Waals surface area contributed by atoms with E-state index in [1.807, 2.05) is 6.07 Å². The second kappa shape index (κ2) is 8.40. The SMILES string of the molecule is COCCN(CC(C)C)CC(O)c1ccc(C)cc1C. The Morgan fingerprint density at radius 2 is 1.90 bits per heavy atom. The number of methoxy groups -OCH3 is 1. The Morgan fingerprint density at radius 3 is 2.45 bits per heavy atom. The van der Waals surface area contributed by atoms with Crippen LogP contribution in [0.2, 0.25) is 0 Å². The van der Waals surface area contributed by atoms with E-state index in [1.54, 1.807) is 7.11 Å². The summed E-state index contributed by atoms with van der Waals surface area (Å²) in [7, 11) is 1.72. The van der Waals surface area contributed by atoms with Gasteiger partial charge in [0.1, 0.15) is 0 Å². The fourth-order valence-corrected chi connectivity index (χ4v) is 2.54. The summed E-state index contributed by atoms with van der Waals surface area (Å²) in [6.45, 7) is 11.7. The number of rotatable bonds is 8. The summed E-state index contributed by atoms with van der Waals surface area (Å²) in [4.78, 5) is 2.28. The Morgan fingerprint density at radius 1 is 1.20 bits per heavy atom. The number of benzene rings is 1. The van der Waals surface area contributed by atoms with Gasteiger partial charge in [-0.3, -0.25) is 4.90 Å². The molecular weight excluding hydrogens is 250 g/mol. The highest BCUT2D eigenvalue weighted by Crippen LogP contribution is 2.20. The maximum Gasteiger partial charge on any atom is 0.0919 e. The zero-order chi connectivity index (χ0) is 15.1. The molecule has 0 amide bonds. The zero-order valence-electron chi connectivity index (χ0n) is 13.5. The van der Waals surface area contributed by atoms with Crippen molar-refractivity contribution in [3.8, 4) is 0 Å². The molecule has 20 heavy (non-hydrogen) atoms. The lowest BCUT2D eigenvalue weighted by Gasteiger charge is -2.27. The number of nitrogens with zero attached hydrogens (tertiary/aromatic N) is 1. The maximum atomic E-state index is 10.5. The predicted octanol–water partition coefficient (Wildman–Crippen LogP) is 2.94. The standard InChI is InChI=1S/C17H29NO2/c1-13(2)11-18(8-9-20-5)12-17(19)16-7-6-14(3)10-15(16)4/h6-7,10,13,17,19H,8-9,11-12H2,1-5H3. The molecule has 0 bridgehead atoms. The second-order valence-electron chi connectivity index (χ2n) is 6.02. The van der Waals surface area contributed by atoms with Gasteiger partial charge in [-0.2, -0.15) is 0 Å². The lowest BCUT2D eigenvalue weighted by Crippen LogP contribution is -2.34. The van der Waals surface area contributed by atoms with E-state index in [-0.39, 0.29) is 0 Å². The Labute approximate surface area is 123 Å². The van der Waals surface area contributed by atoms with E-state index >= 15 is 0 Å². The number of hydrogen-bond acceptors (Lipinski definition) is 3. The van der Waals surface area contributed by atoms with Gasteiger partial charge >= 0.3 is 0 Å². The van der Waals surface area contributed by atoms with Crippen LogP contribution >= 0.6 is 0 Å². The highest BCUT2D eigenvalue weighted by molar-refractivity contribution is 5.32. The smallest absolute Gasteiger partial charge is 0.0919 e. The van der Waals surface area contributed by atoms with Gasteiger partial charge in [0, 0.05) is 26.7 Å². The van der Waals surface area contributed by atoms with Crippen LogP contribution in [0.5, 0.6) is 0 Å². The van der Waals surface area contributed by atoms with Gasteiger partial charge < -0.3 is 9.84 Å². The highest BCUT2D eigenvalue weighted by atomic mass is 16.5. The first kappa shape index (κ1) is 17.2. The van der Waals surface area contributed by atoms with Crippen LogP contribution in [-0.2, 0) is 4.74 Å². The van der Waals surface area contributed by atoms with Gasteiger partial charge in [0.2, 0.25) is 0 Å². The molecule has 0 aliphatic rings. The molecule has 1 rings (SSSR count). The van der Waals surface area contributed by atoms with Gasteiger partial charge in [-0.15, -0.1) is 0 Å². The lowest BCUT2D eigenvalue weighted by atomic mass is 10.0. The van der Waals surface area contributed by atoms with Gasteiger partial charge in [-0.25, -0.2) is 0 Å². The van der Waals surface area contributed by atoms with Gasteiger partial charge in [0.05, 0.1) is 12.7 Å². The Hall–Kier alpha value is -0.900. The van der Waals surface area contributed by atoms with Crippen LogP contribution in [0.3, 0.4) is 0 Å². The Balaban J connectivity index is 2.70. The number of hydrogen-bond donors (Lipinski definition) is 1. The van der Waals surface area contributed by atoms with E-state index in [0.29, 0.717) is 19.1 Å². The van der Waals surface area contributed by atoms with Crippen molar-refractivity contribution in [2.24, 2.45) is 5.92 Å². The minimum atomic E-state index is -0.439. The van der Waals surface area contributed by atoms with Crippen molar-refractivity contribution in [2.45, 2.75) is 33.8 Å². The molecule has 0 heterocycles.